The van der Waals surface area contributed by atoms with Gasteiger partial charge >= 0.3 is 0 Å². The highest BCUT2D eigenvalue weighted by Gasteiger charge is 2.35. The number of nitrogens with zero attached hydrogens (tertiary/aromatic N) is 2. The molecule has 168 valence electrons. The van der Waals surface area contributed by atoms with Gasteiger partial charge < -0.3 is 9.47 Å². The lowest BCUT2D eigenvalue weighted by atomic mass is 10.0. The molecule has 0 N–H and O–H groups in total. The van der Waals surface area contributed by atoms with Gasteiger partial charge in [-0.1, -0.05) is 42.5 Å². The second-order valence-corrected chi connectivity index (χ2v) is 8.23. The Labute approximate surface area is 193 Å². The fourth-order valence-corrected chi connectivity index (χ4v) is 4.32. The number of ether oxygens (including phenoxy) is 2. The lowest BCUT2D eigenvalue weighted by Crippen LogP contribution is -2.31. The van der Waals surface area contributed by atoms with Crippen LogP contribution in [0.25, 0.3) is 16.8 Å². The molecule has 0 radical (unpaired) electrons. The molecule has 3 aromatic rings. The quantitative estimate of drug-likeness (QED) is 0.262. The van der Waals surface area contributed by atoms with Crippen molar-refractivity contribution in [1.82, 2.24) is 4.90 Å². The zero-order valence-electron chi connectivity index (χ0n) is 17.7. The van der Waals surface area contributed by atoms with E-state index in [9.17, 15) is 19.7 Å². The highest BCUT2D eigenvalue weighted by molar-refractivity contribution is 8.18. The standard InChI is InChI=1S/C24H20N2O6S/c1-31-12-11-25-23(27)22(33-24(25)28)14-20-19-8-3-2-6-17(19)9-10-21(20)32-15-16-5-4-7-18(13-16)26(29)30/h2-10,13-14H,11-12,15H2,1H3/b22-14+. The van der Waals surface area contributed by atoms with Crippen molar-refractivity contribution >= 4 is 45.4 Å². The SMILES string of the molecule is COCCN1C(=O)S/C(=C/c2c(OCc3cccc([N+](=O)[O-])c3)ccc3ccccc23)C1=O. The van der Waals surface area contributed by atoms with Crippen LogP contribution in [0.1, 0.15) is 11.1 Å². The first-order chi connectivity index (χ1) is 16.0. The minimum absolute atomic E-state index is 0.0143. The van der Waals surface area contributed by atoms with Crippen LogP contribution < -0.4 is 4.74 Å². The van der Waals surface area contributed by atoms with Crippen LogP contribution >= 0.6 is 11.8 Å². The number of non-ortho nitro benzene ring substituents is 1. The van der Waals surface area contributed by atoms with E-state index in [-0.39, 0.29) is 36.6 Å². The molecule has 0 atom stereocenters. The Bertz CT molecular complexity index is 1270. The van der Waals surface area contributed by atoms with E-state index >= 15 is 0 Å². The minimum atomic E-state index is -0.454. The first-order valence-electron chi connectivity index (χ1n) is 10.1. The van der Waals surface area contributed by atoms with Gasteiger partial charge in [-0.25, -0.2) is 0 Å². The Kier molecular flexibility index (Phi) is 6.71. The van der Waals surface area contributed by atoms with Gasteiger partial charge in [-0.2, -0.15) is 0 Å². The van der Waals surface area contributed by atoms with Crippen LogP contribution in [0.2, 0.25) is 0 Å². The predicted octanol–water partition coefficient (Wildman–Crippen LogP) is 5.01. The van der Waals surface area contributed by atoms with Crippen molar-refractivity contribution in [3.05, 3.63) is 86.8 Å². The van der Waals surface area contributed by atoms with Gasteiger partial charge in [0.25, 0.3) is 16.8 Å². The maximum absolute atomic E-state index is 12.8. The van der Waals surface area contributed by atoms with Crippen molar-refractivity contribution in [1.29, 1.82) is 0 Å². The summed E-state index contributed by atoms with van der Waals surface area (Å²) in [5.74, 6) is 0.128. The first-order valence-corrected chi connectivity index (χ1v) is 10.9. The normalized spacial score (nSPS) is 14.9. The van der Waals surface area contributed by atoms with E-state index in [1.807, 2.05) is 30.3 Å². The van der Waals surface area contributed by atoms with Crippen LogP contribution in [0.3, 0.4) is 0 Å². The zero-order chi connectivity index (χ0) is 23.4. The molecule has 0 saturated carbocycles. The number of thioether (sulfide) groups is 1. The average Bonchev–Trinajstić information content (AvgIpc) is 3.09. The van der Waals surface area contributed by atoms with E-state index in [0.29, 0.717) is 21.8 Å². The second kappa shape index (κ2) is 9.85. The molecule has 0 bridgehead atoms. The number of rotatable bonds is 8. The number of carbonyl (C=O) groups excluding carboxylic acids is 2. The Morgan fingerprint density at radius 3 is 2.70 bits per heavy atom. The van der Waals surface area contributed by atoms with Crippen LogP contribution in [0.4, 0.5) is 10.5 Å². The molecule has 2 amide bonds. The smallest absolute Gasteiger partial charge is 0.293 e. The molecule has 1 heterocycles. The fourth-order valence-electron chi connectivity index (χ4n) is 3.48. The molecule has 1 aliphatic rings. The number of nitro groups is 1. The number of nitro benzene ring substituents is 1. The number of hydrogen-bond acceptors (Lipinski definition) is 7. The number of imide groups is 1. The van der Waals surface area contributed by atoms with Crippen molar-refractivity contribution in [2.24, 2.45) is 0 Å². The molecule has 0 aromatic heterocycles. The first kappa shape index (κ1) is 22.5. The summed E-state index contributed by atoms with van der Waals surface area (Å²) in [4.78, 5) is 37.2. The highest BCUT2D eigenvalue weighted by atomic mass is 32.2. The van der Waals surface area contributed by atoms with E-state index in [2.05, 4.69) is 0 Å². The molecular weight excluding hydrogens is 444 g/mol. The molecule has 0 spiro atoms. The van der Waals surface area contributed by atoms with Crippen molar-refractivity contribution in [2.75, 3.05) is 20.3 Å². The van der Waals surface area contributed by atoms with E-state index < -0.39 is 4.92 Å². The number of benzene rings is 3. The molecule has 0 unspecified atom stereocenters. The molecule has 1 fully saturated rings. The maximum Gasteiger partial charge on any atom is 0.293 e. The monoisotopic (exact) mass is 464 g/mol. The predicted molar refractivity (Wildman–Crippen MR) is 126 cm³/mol. The van der Waals surface area contributed by atoms with Gasteiger partial charge in [0.2, 0.25) is 0 Å². The van der Waals surface area contributed by atoms with E-state index in [1.165, 1.54) is 19.2 Å². The maximum atomic E-state index is 12.8. The molecule has 1 saturated heterocycles. The van der Waals surface area contributed by atoms with Crippen LogP contribution in [0.5, 0.6) is 5.75 Å². The summed E-state index contributed by atoms with van der Waals surface area (Å²) >= 11 is 0.876. The largest absolute Gasteiger partial charge is 0.488 e. The lowest BCUT2D eigenvalue weighted by molar-refractivity contribution is -0.384. The van der Waals surface area contributed by atoms with Gasteiger partial charge in [0.1, 0.15) is 12.4 Å². The van der Waals surface area contributed by atoms with Gasteiger partial charge in [0.15, 0.2) is 0 Å². The van der Waals surface area contributed by atoms with E-state index in [4.69, 9.17) is 9.47 Å². The van der Waals surface area contributed by atoms with E-state index in [0.717, 1.165) is 27.4 Å². The fraction of sp³-hybridized carbons (Fsp3) is 0.167. The molecule has 3 aromatic carbocycles. The van der Waals surface area contributed by atoms with Gasteiger partial charge in [-0.3, -0.25) is 24.6 Å². The number of hydrogen-bond donors (Lipinski definition) is 0. The molecule has 33 heavy (non-hydrogen) atoms. The third-order valence-electron chi connectivity index (χ3n) is 5.11. The van der Waals surface area contributed by atoms with Gasteiger partial charge in [-0.15, -0.1) is 0 Å². The Hall–Kier alpha value is -3.69. The number of methoxy groups -OCH3 is 1. The Morgan fingerprint density at radius 1 is 1.09 bits per heavy atom. The summed E-state index contributed by atoms with van der Waals surface area (Å²) < 4.78 is 11.0. The zero-order valence-corrected chi connectivity index (χ0v) is 18.5. The number of fused-ring (bicyclic) bond motifs is 1. The van der Waals surface area contributed by atoms with Crippen LogP contribution in [-0.4, -0.2) is 41.2 Å². The summed E-state index contributed by atoms with van der Waals surface area (Å²) in [6, 6.07) is 17.6. The minimum Gasteiger partial charge on any atom is -0.488 e. The van der Waals surface area contributed by atoms with Crippen LogP contribution in [0.15, 0.2) is 65.6 Å². The van der Waals surface area contributed by atoms with Crippen LogP contribution in [-0.2, 0) is 16.1 Å². The summed E-state index contributed by atoms with van der Waals surface area (Å²) in [6.07, 6.45) is 1.67. The Morgan fingerprint density at radius 2 is 1.91 bits per heavy atom. The number of carbonyl (C=O) groups is 2. The third-order valence-corrected chi connectivity index (χ3v) is 6.02. The van der Waals surface area contributed by atoms with Crippen LogP contribution in [0, 0.1) is 10.1 Å². The topological polar surface area (TPSA) is 99.0 Å². The van der Waals surface area contributed by atoms with Gasteiger partial charge in [-0.05, 0) is 40.2 Å². The van der Waals surface area contributed by atoms with Crippen molar-refractivity contribution in [3.8, 4) is 5.75 Å². The summed E-state index contributed by atoms with van der Waals surface area (Å²) in [5.41, 5.74) is 1.29. The molecule has 8 nitrogen and oxygen atoms in total. The molecule has 1 aliphatic heterocycles. The third kappa shape index (κ3) is 4.89. The summed E-state index contributed by atoms with van der Waals surface area (Å²) in [7, 11) is 1.51. The molecule has 9 heteroatoms. The van der Waals surface area contributed by atoms with Gasteiger partial charge in [0, 0.05) is 24.8 Å². The lowest BCUT2D eigenvalue weighted by Gasteiger charge is -2.13. The molecular formula is C24H20N2O6S. The second-order valence-electron chi connectivity index (χ2n) is 7.24. The van der Waals surface area contributed by atoms with Crippen molar-refractivity contribution in [3.63, 3.8) is 0 Å². The van der Waals surface area contributed by atoms with Gasteiger partial charge in [0.05, 0.1) is 23.0 Å². The summed E-state index contributed by atoms with van der Waals surface area (Å²) in [5, 5.41) is 12.5. The van der Waals surface area contributed by atoms with Crippen molar-refractivity contribution < 1.29 is 24.0 Å². The number of amides is 2. The van der Waals surface area contributed by atoms with Crippen molar-refractivity contribution in [2.45, 2.75) is 6.61 Å². The Balaban J connectivity index is 1.68. The highest BCUT2D eigenvalue weighted by Crippen LogP contribution is 2.37. The van der Waals surface area contributed by atoms with E-state index in [1.54, 1.807) is 24.3 Å². The molecule has 0 aliphatic carbocycles. The summed E-state index contributed by atoms with van der Waals surface area (Å²) in [6.45, 7) is 0.553. The molecule has 4 rings (SSSR count). The average molecular weight is 464 g/mol.